The summed E-state index contributed by atoms with van der Waals surface area (Å²) in [4.78, 5) is 22.0. The van der Waals surface area contributed by atoms with Gasteiger partial charge in [0.2, 0.25) is 5.91 Å². The van der Waals surface area contributed by atoms with Gasteiger partial charge in [0, 0.05) is 24.4 Å². The molecule has 98 valence electrons. The number of carbonyl (C=O) groups is 2. The van der Waals surface area contributed by atoms with E-state index in [0.717, 1.165) is 17.0 Å². The van der Waals surface area contributed by atoms with E-state index < -0.39 is 17.9 Å². The lowest BCUT2D eigenvalue weighted by Crippen LogP contribution is -2.37. The fourth-order valence-electron chi connectivity index (χ4n) is 1.51. The van der Waals surface area contributed by atoms with Gasteiger partial charge in [-0.15, -0.1) is 0 Å². The Morgan fingerprint density at radius 3 is 2.50 bits per heavy atom. The average molecular weight is 251 g/mol. The summed E-state index contributed by atoms with van der Waals surface area (Å²) >= 11 is 0. The Hall–Kier alpha value is -2.11. The number of hydrogen-bond acceptors (Lipinski definition) is 3. The third kappa shape index (κ3) is 3.19. The van der Waals surface area contributed by atoms with Crippen LogP contribution >= 0.6 is 0 Å². The van der Waals surface area contributed by atoms with Crippen molar-refractivity contribution in [2.45, 2.75) is 26.8 Å². The van der Waals surface area contributed by atoms with Crippen molar-refractivity contribution >= 4 is 18.0 Å². The maximum atomic E-state index is 11.5. The fourth-order valence-corrected chi connectivity index (χ4v) is 1.51. The summed E-state index contributed by atoms with van der Waals surface area (Å²) in [5, 5.41) is 15.2. The summed E-state index contributed by atoms with van der Waals surface area (Å²) in [5.41, 5.74) is 2.64. The first-order chi connectivity index (χ1) is 8.32. The number of amides is 1. The second kappa shape index (κ2) is 5.48. The first-order valence-corrected chi connectivity index (χ1v) is 5.54. The molecule has 0 bridgehead atoms. The highest BCUT2D eigenvalue weighted by Gasteiger charge is 2.12. The maximum absolute atomic E-state index is 11.5. The number of carboxylic acid groups (broad SMARTS) is 1. The molecular weight excluding hydrogens is 234 g/mol. The Labute approximate surface area is 105 Å². The van der Waals surface area contributed by atoms with Crippen LogP contribution in [-0.2, 0) is 16.6 Å². The molecule has 0 saturated carbocycles. The lowest BCUT2D eigenvalue weighted by molar-refractivity contribution is -0.140. The van der Waals surface area contributed by atoms with Crippen LogP contribution in [0.3, 0.4) is 0 Å². The largest absolute Gasteiger partial charge is 0.480 e. The van der Waals surface area contributed by atoms with Gasteiger partial charge in [-0.25, -0.2) is 0 Å². The molecule has 0 aliphatic heterocycles. The summed E-state index contributed by atoms with van der Waals surface area (Å²) in [7, 11) is 1.83. The van der Waals surface area contributed by atoms with Gasteiger partial charge in [0.05, 0.1) is 5.69 Å². The summed E-state index contributed by atoms with van der Waals surface area (Å²) in [6, 6.07) is -0.904. The standard InChI is InChI=1S/C12H17N3O3/c1-7-10(9(3)15(4)14-7)5-6-11(16)13-8(2)12(17)18/h5-6,8H,1-4H3,(H,13,16)(H,17,18)/b6-5+. The lowest BCUT2D eigenvalue weighted by Gasteiger charge is -2.05. The number of carboxylic acids is 1. The minimum absolute atomic E-state index is 0.437. The minimum atomic E-state index is -1.06. The molecule has 0 aromatic carbocycles. The molecule has 1 aromatic rings. The molecule has 6 heteroatoms. The van der Waals surface area contributed by atoms with Gasteiger partial charge in [0.25, 0.3) is 0 Å². The number of aromatic nitrogens is 2. The van der Waals surface area contributed by atoms with Gasteiger partial charge in [-0.05, 0) is 26.8 Å². The van der Waals surface area contributed by atoms with Crippen LogP contribution < -0.4 is 5.32 Å². The number of hydrogen-bond donors (Lipinski definition) is 2. The highest BCUT2D eigenvalue weighted by molar-refractivity contribution is 5.94. The maximum Gasteiger partial charge on any atom is 0.325 e. The third-order valence-corrected chi connectivity index (χ3v) is 2.70. The zero-order valence-corrected chi connectivity index (χ0v) is 10.9. The molecule has 0 spiro atoms. The number of aryl methyl sites for hydroxylation is 2. The van der Waals surface area contributed by atoms with Crippen molar-refractivity contribution in [3.05, 3.63) is 23.0 Å². The number of nitrogens with one attached hydrogen (secondary N) is 1. The van der Waals surface area contributed by atoms with E-state index >= 15 is 0 Å². The van der Waals surface area contributed by atoms with Crippen LogP contribution in [0.25, 0.3) is 6.08 Å². The molecule has 0 aliphatic carbocycles. The summed E-state index contributed by atoms with van der Waals surface area (Å²) in [6.45, 7) is 5.16. The van der Waals surface area contributed by atoms with Gasteiger partial charge < -0.3 is 10.4 Å². The molecule has 1 atom stereocenters. The second-order valence-corrected chi connectivity index (χ2v) is 4.11. The van der Waals surface area contributed by atoms with E-state index in [1.807, 2.05) is 20.9 Å². The first-order valence-electron chi connectivity index (χ1n) is 5.54. The van der Waals surface area contributed by atoms with E-state index in [-0.39, 0.29) is 0 Å². The molecule has 1 unspecified atom stereocenters. The van der Waals surface area contributed by atoms with E-state index in [2.05, 4.69) is 10.4 Å². The molecule has 0 saturated heterocycles. The minimum Gasteiger partial charge on any atom is -0.480 e. The molecular formula is C12H17N3O3. The van der Waals surface area contributed by atoms with E-state index in [1.165, 1.54) is 13.0 Å². The van der Waals surface area contributed by atoms with Gasteiger partial charge in [-0.3, -0.25) is 14.3 Å². The molecule has 1 aromatic heterocycles. The van der Waals surface area contributed by atoms with Gasteiger partial charge in [-0.2, -0.15) is 5.10 Å². The van der Waals surface area contributed by atoms with Crippen LogP contribution in [0.1, 0.15) is 23.9 Å². The zero-order valence-electron chi connectivity index (χ0n) is 10.9. The van der Waals surface area contributed by atoms with Crippen molar-refractivity contribution in [2.24, 2.45) is 7.05 Å². The third-order valence-electron chi connectivity index (χ3n) is 2.70. The normalized spacial score (nSPS) is 12.7. The zero-order chi connectivity index (χ0) is 13.9. The van der Waals surface area contributed by atoms with Gasteiger partial charge in [0.15, 0.2) is 0 Å². The van der Waals surface area contributed by atoms with Gasteiger partial charge in [-0.1, -0.05) is 0 Å². The number of aliphatic carboxylic acids is 1. The molecule has 0 fully saturated rings. The van der Waals surface area contributed by atoms with Crippen molar-refractivity contribution < 1.29 is 14.7 Å². The van der Waals surface area contributed by atoms with Crippen molar-refractivity contribution in [3.63, 3.8) is 0 Å². The molecule has 18 heavy (non-hydrogen) atoms. The molecule has 1 amide bonds. The van der Waals surface area contributed by atoms with Crippen LogP contribution in [0.15, 0.2) is 6.08 Å². The van der Waals surface area contributed by atoms with Crippen molar-refractivity contribution in [1.82, 2.24) is 15.1 Å². The van der Waals surface area contributed by atoms with Crippen LogP contribution in [0.4, 0.5) is 0 Å². The Kier molecular flexibility index (Phi) is 4.25. The first kappa shape index (κ1) is 14.0. The number of rotatable bonds is 4. The van der Waals surface area contributed by atoms with Gasteiger partial charge in [0.1, 0.15) is 6.04 Å². The van der Waals surface area contributed by atoms with Crippen LogP contribution in [0.2, 0.25) is 0 Å². The Bertz CT molecular complexity index is 503. The molecule has 0 radical (unpaired) electrons. The molecule has 1 heterocycles. The highest BCUT2D eigenvalue weighted by atomic mass is 16.4. The second-order valence-electron chi connectivity index (χ2n) is 4.11. The molecule has 2 N–H and O–H groups in total. The average Bonchev–Trinajstić information content (AvgIpc) is 2.51. The fraction of sp³-hybridized carbons (Fsp3) is 0.417. The predicted octanol–water partition coefficient (Wildman–Crippen LogP) is 0.639. The topological polar surface area (TPSA) is 84.2 Å². The smallest absolute Gasteiger partial charge is 0.325 e. The Morgan fingerprint density at radius 1 is 1.44 bits per heavy atom. The quantitative estimate of drug-likeness (QED) is 0.769. The molecule has 1 rings (SSSR count). The van der Waals surface area contributed by atoms with Crippen molar-refractivity contribution in [2.75, 3.05) is 0 Å². The highest BCUT2D eigenvalue weighted by Crippen LogP contribution is 2.13. The summed E-state index contributed by atoms with van der Waals surface area (Å²) in [6.07, 6.45) is 2.96. The van der Waals surface area contributed by atoms with Crippen LogP contribution in [-0.4, -0.2) is 32.8 Å². The van der Waals surface area contributed by atoms with Crippen molar-refractivity contribution in [1.29, 1.82) is 0 Å². The van der Waals surface area contributed by atoms with Crippen LogP contribution in [0.5, 0.6) is 0 Å². The van der Waals surface area contributed by atoms with Gasteiger partial charge >= 0.3 is 5.97 Å². The Balaban J connectivity index is 2.75. The number of carbonyl (C=O) groups excluding carboxylic acids is 1. The SMILES string of the molecule is Cc1nn(C)c(C)c1/C=C/C(=O)NC(C)C(=O)O. The number of nitrogens with zero attached hydrogens (tertiary/aromatic N) is 2. The van der Waals surface area contributed by atoms with Crippen LogP contribution in [0, 0.1) is 13.8 Å². The predicted molar refractivity (Wildman–Crippen MR) is 67.0 cm³/mol. The van der Waals surface area contributed by atoms with E-state index in [4.69, 9.17) is 5.11 Å². The molecule has 0 aliphatic rings. The summed E-state index contributed by atoms with van der Waals surface area (Å²) < 4.78 is 1.73. The lowest BCUT2D eigenvalue weighted by atomic mass is 10.2. The monoisotopic (exact) mass is 251 g/mol. The van der Waals surface area contributed by atoms with Crippen molar-refractivity contribution in [3.8, 4) is 0 Å². The Morgan fingerprint density at radius 2 is 2.06 bits per heavy atom. The summed E-state index contributed by atoms with van der Waals surface area (Å²) in [5.74, 6) is -1.50. The molecule has 6 nitrogen and oxygen atoms in total. The van der Waals surface area contributed by atoms with E-state index in [0.29, 0.717) is 0 Å². The van der Waals surface area contributed by atoms with E-state index in [1.54, 1.807) is 10.8 Å². The van der Waals surface area contributed by atoms with E-state index in [9.17, 15) is 9.59 Å².